The minimum absolute atomic E-state index is 0.479. The monoisotopic (exact) mass is 242 g/mol. The van der Waals surface area contributed by atoms with Gasteiger partial charge in [-0.1, -0.05) is 24.4 Å². The number of hydrogen-bond donors (Lipinski definition) is 1. The zero-order valence-corrected chi connectivity index (χ0v) is 10.00. The van der Waals surface area contributed by atoms with Crippen LogP contribution in [0, 0.1) is 0 Å². The number of halogens is 1. The number of carboxylic acid groups (broad SMARTS) is 1. The fraction of sp³-hybridized carbons (Fsp3) is 0.636. The molecule has 16 heavy (non-hydrogen) atoms. The Labute approximate surface area is 99.2 Å². The van der Waals surface area contributed by atoms with Gasteiger partial charge in [-0.3, -0.25) is 9.48 Å². The van der Waals surface area contributed by atoms with Crippen LogP contribution in [-0.4, -0.2) is 20.9 Å². The normalized spacial score (nSPS) is 18.9. The molecule has 0 unspecified atom stereocenters. The second-order valence-corrected chi connectivity index (χ2v) is 4.62. The molecule has 0 bridgehead atoms. The summed E-state index contributed by atoms with van der Waals surface area (Å²) in [5, 5.41) is 14.0. The highest BCUT2D eigenvalue weighted by atomic mass is 35.5. The minimum Gasteiger partial charge on any atom is -0.481 e. The molecule has 1 heterocycles. The molecule has 1 fully saturated rings. The number of rotatable bonds is 3. The Kier molecular flexibility index (Phi) is 2.93. The fourth-order valence-electron chi connectivity index (χ4n) is 2.49. The van der Waals surface area contributed by atoms with Gasteiger partial charge in [0.2, 0.25) is 0 Å². The highest BCUT2D eigenvalue weighted by molar-refractivity contribution is 6.30. The number of carbonyl (C=O) groups is 1. The van der Waals surface area contributed by atoms with Gasteiger partial charge in [0, 0.05) is 12.1 Å². The molecule has 0 atom stereocenters. The highest BCUT2D eigenvalue weighted by Crippen LogP contribution is 2.43. The molecule has 0 spiro atoms. The van der Waals surface area contributed by atoms with E-state index in [0.717, 1.165) is 12.8 Å². The third-order valence-corrected chi connectivity index (χ3v) is 3.86. The lowest BCUT2D eigenvalue weighted by atomic mass is 9.81. The molecule has 1 aromatic rings. The SMILES string of the molecule is CCn1ncc(C2(C(=O)O)CCCC2)c1Cl. The summed E-state index contributed by atoms with van der Waals surface area (Å²) >= 11 is 6.18. The average Bonchev–Trinajstić information content (AvgIpc) is 2.84. The van der Waals surface area contributed by atoms with E-state index in [2.05, 4.69) is 5.10 Å². The summed E-state index contributed by atoms with van der Waals surface area (Å²) in [6.07, 6.45) is 4.83. The van der Waals surface area contributed by atoms with E-state index in [1.165, 1.54) is 0 Å². The van der Waals surface area contributed by atoms with Crippen LogP contribution in [0.3, 0.4) is 0 Å². The van der Waals surface area contributed by atoms with Gasteiger partial charge >= 0.3 is 5.97 Å². The molecule has 0 saturated heterocycles. The van der Waals surface area contributed by atoms with Crippen LogP contribution in [0.5, 0.6) is 0 Å². The van der Waals surface area contributed by atoms with Crippen LogP contribution in [-0.2, 0) is 16.8 Å². The first-order chi connectivity index (χ1) is 7.62. The van der Waals surface area contributed by atoms with Crippen molar-refractivity contribution >= 4 is 17.6 Å². The van der Waals surface area contributed by atoms with Crippen molar-refractivity contribution in [2.45, 2.75) is 44.6 Å². The van der Waals surface area contributed by atoms with Gasteiger partial charge in [-0.15, -0.1) is 0 Å². The maximum Gasteiger partial charge on any atom is 0.314 e. The molecule has 1 aromatic heterocycles. The summed E-state index contributed by atoms with van der Waals surface area (Å²) in [7, 11) is 0. The first kappa shape index (κ1) is 11.5. The van der Waals surface area contributed by atoms with Gasteiger partial charge in [-0.25, -0.2) is 0 Å². The van der Waals surface area contributed by atoms with Crippen LogP contribution in [0.2, 0.25) is 5.15 Å². The maximum atomic E-state index is 11.5. The van der Waals surface area contributed by atoms with Crippen molar-refractivity contribution in [1.82, 2.24) is 9.78 Å². The van der Waals surface area contributed by atoms with Crippen LogP contribution in [0.4, 0.5) is 0 Å². The molecule has 0 aromatic carbocycles. The van der Waals surface area contributed by atoms with Crippen LogP contribution >= 0.6 is 11.6 Å². The Morgan fingerprint density at radius 3 is 2.69 bits per heavy atom. The Bertz CT molecular complexity index is 408. The van der Waals surface area contributed by atoms with Crippen LogP contribution in [0.25, 0.3) is 0 Å². The van der Waals surface area contributed by atoms with Crippen molar-refractivity contribution in [2.24, 2.45) is 0 Å². The summed E-state index contributed by atoms with van der Waals surface area (Å²) in [5.74, 6) is -0.775. The molecule has 1 aliphatic carbocycles. The van der Waals surface area contributed by atoms with Gasteiger partial charge in [-0.2, -0.15) is 5.10 Å². The van der Waals surface area contributed by atoms with Crippen LogP contribution in [0.15, 0.2) is 6.20 Å². The Morgan fingerprint density at radius 2 is 2.25 bits per heavy atom. The molecule has 1 saturated carbocycles. The molecule has 88 valence electrons. The van der Waals surface area contributed by atoms with Gasteiger partial charge < -0.3 is 5.11 Å². The van der Waals surface area contributed by atoms with E-state index in [1.54, 1.807) is 10.9 Å². The summed E-state index contributed by atoms with van der Waals surface area (Å²) < 4.78 is 1.64. The number of aromatic nitrogens is 2. The van der Waals surface area contributed by atoms with Gasteiger partial charge in [0.15, 0.2) is 0 Å². The first-order valence-electron chi connectivity index (χ1n) is 5.57. The molecule has 0 radical (unpaired) electrons. The average molecular weight is 243 g/mol. The smallest absolute Gasteiger partial charge is 0.314 e. The number of carboxylic acids is 1. The number of hydrogen-bond acceptors (Lipinski definition) is 2. The molecular formula is C11H15ClN2O2. The Morgan fingerprint density at radius 1 is 1.62 bits per heavy atom. The second-order valence-electron chi connectivity index (χ2n) is 4.26. The first-order valence-corrected chi connectivity index (χ1v) is 5.95. The summed E-state index contributed by atoms with van der Waals surface area (Å²) in [6.45, 7) is 2.60. The third-order valence-electron chi connectivity index (χ3n) is 3.46. The molecule has 0 amide bonds. The number of aryl methyl sites for hydroxylation is 1. The zero-order chi connectivity index (χ0) is 11.8. The molecule has 2 rings (SSSR count). The van der Waals surface area contributed by atoms with Crippen molar-refractivity contribution in [1.29, 1.82) is 0 Å². The standard InChI is InChI=1S/C11H15ClN2O2/c1-2-14-9(12)8(7-13-14)11(10(15)16)5-3-4-6-11/h7H,2-6H2,1H3,(H,15,16). The largest absolute Gasteiger partial charge is 0.481 e. The summed E-state index contributed by atoms with van der Waals surface area (Å²) in [4.78, 5) is 11.5. The Hall–Kier alpha value is -1.03. The molecular weight excluding hydrogens is 228 g/mol. The van der Waals surface area contributed by atoms with Gasteiger partial charge in [-0.05, 0) is 19.8 Å². The summed E-state index contributed by atoms with van der Waals surface area (Å²) in [5.41, 5.74) is -0.120. The Balaban J connectivity index is 2.47. The van der Waals surface area contributed by atoms with Gasteiger partial charge in [0.1, 0.15) is 5.15 Å². The van der Waals surface area contributed by atoms with Crippen molar-refractivity contribution in [3.8, 4) is 0 Å². The molecule has 1 N–H and O–H groups in total. The number of aliphatic carboxylic acids is 1. The van der Waals surface area contributed by atoms with Gasteiger partial charge in [0.05, 0.1) is 11.6 Å². The van der Waals surface area contributed by atoms with Gasteiger partial charge in [0.25, 0.3) is 0 Å². The summed E-state index contributed by atoms with van der Waals surface area (Å²) in [6, 6.07) is 0. The molecule has 4 nitrogen and oxygen atoms in total. The van der Waals surface area contributed by atoms with E-state index in [9.17, 15) is 9.90 Å². The molecule has 0 aliphatic heterocycles. The lowest BCUT2D eigenvalue weighted by Gasteiger charge is -2.22. The van der Waals surface area contributed by atoms with E-state index < -0.39 is 11.4 Å². The highest BCUT2D eigenvalue weighted by Gasteiger charge is 2.45. The molecule has 1 aliphatic rings. The topological polar surface area (TPSA) is 55.1 Å². The minimum atomic E-state index is -0.801. The zero-order valence-electron chi connectivity index (χ0n) is 9.24. The van der Waals surface area contributed by atoms with E-state index in [1.807, 2.05) is 6.92 Å². The third kappa shape index (κ3) is 1.52. The maximum absolute atomic E-state index is 11.5. The van der Waals surface area contributed by atoms with Crippen molar-refractivity contribution in [3.05, 3.63) is 16.9 Å². The lowest BCUT2D eigenvalue weighted by molar-refractivity contribution is -0.143. The predicted molar refractivity (Wildman–Crippen MR) is 60.7 cm³/mol. The van der Waals surface area contributed by atoms with E-state index in [0.29, 0.717) is 30.1 Å². The predicted octanol–water partition coefficient (Wildman–Crippen LogP) is 2.45. The molecule has 5 heteroatoms. The second kappa shape index (κ2) is 4.09. The van der Waals surface area contributed by atoms with E-state index >= 15 is 0 Å². The fourth-order valence-corrected chi connectivity index (χ4v) is 2.88. The van der Waals surface area contributed by atoms with Crippen molar-refractivity contribution in [2.75, 3.05) is 0 Å². The van der Waals surface area contributed by atoms with Crippen LogP contribution in [0.1, 0.15) is 38.2 Å². The van der Waals surface area contributed by atoms with Crippen molar-refractivity contribution < 1.29 is 9.90 Å². The van der Waals surface area contributed by atoms with E-state index in [-0.39, 0.29) is 0 Å². The van der Waals surface area contributed by atoms with Crippen LogP contribution < -0.4 is 0 Å². The quantitative estimate of drug-likeness (QED) is 0.886. The van der Waals surface area contributed by atoms with Crippen molar-refractivity contribution in [3.63, 3.8) is 0 Å². The lowest BCUT2D eigenvalue weighted by Crippen LogP contribution is -2.32. The van der Waals surface area contributed by atoms with E-state index in [4.69, 9.17) is 11.6 Å². The number of nitrogens with zero attached hydrogens (tertiary/aromatic N) is 2.